The van der Waals surface area contributed by atoms with Crippen LogP contribution in [0.4, 0.5) is 0 Å². The predicted molar refractivity (Wildman–Crippen MR) is 72.2 cm³/mol. The van der Waals surface area contributed by atoms with Gasteiger partial charge in [-0.15, -0.1) is 0 Å². The number of carbonyl (C=O) groups excluding carboxylic acids is 2. The lowest BCUT2D eigenvalue weighted by atomic mass is 10.0. The minimum atomic E-state index is -1.57. The van der Waals surface area contributed by atoms with Crippen molar-refractivity contribution in [3.8, 4) is 0 Å². The number of amides is 2. The van der Waals surface area contributed by atoms with Gasteiger partial charge in [0.15, 0.2) is 0 Å². The van der Waals surface area contributed by atoms with Crippen molar-refractivity contribution >= 4 is 23.8 Å². The van der Waals surface area contributed by atoms with Crippen molar-refractivity contribution in [2.45, 2.75) is 45.3 Å². The summed E-state index contributed by atoms with van der Waals surface area (Å²) in [5.74, 6) is -4.48. The number of aliphatic carboxylic acids is 2. The van der Waals surface area contributed by atoms with Crippen LogP contribution in [0.3, 0.4) is 0 Å². The Morgan fingerprint density at radius 3 is 1.86 bits per heavy atom. The molecule has 9 heteroatoms. The Balaban J connectivity index is 4.92. The largest absolute Gasteiger partial charge is 0.481 e. The highest BCUT2D eigenvalue weighted by Crippen LogP contribution is 2.04. The Morgan fingerprint density at radius 1 is 1.00 bits per heavy atom. The van der Waals surface area contributed by atoms with Gasteiger partial charge in [-0.2, -0.15) is 0 Å². The second kappa shape index (κ2) is 8.20. The minimum Gasteiger partial charge on any atom is -0.481 e. The Labute approximate surface area is 121 Å². The van der Waals surface area contributed by atoms with Crippen LogP contribution >= 0.6 is 0 Å². The molecule has 3 atom stereocenters. The van der Waals surface area contributed by atoms with E-state index in [4.69, 9.17) is 15.9 Å². The first-order chi connectivity index (χ1) is 9.56. The van der Waals surface area contributed by atoms with Gasteiger partial charge in [0, 0.05) is 0 Å². The Kier molecular flexibility index (Phi) is 7.36. The number of carboxylic acid groups (broad SMARTS) is 2. The first-order valence-corrected chi connectivity index (χ1v) is 6.37. The minimum absolute atomic E-state index is 0.327. The smallest absolute Gasteiger partial charge is 0.326 e. The summed E-state index contributed by atoms with van der Waals surface area (Å²) in [4.78, 5) is 45.0. The van der Waals surface area contributed by atoms with E-state index in [9.17, 15) is 19.2 Å². The molecule has 0 unspecified atom stereocenters. The van der Waals surface area contributed by atoms with E-state index in [0.29, 0.717) is 0 Å². The third kappa shape index (κ3) is 6.70. The van der Waals surface area contributed by atoms with Crippen molar-refractivity contribution in [2.24, 2.45) is 11.7 Å². The average Bonchev–Trinajstić information content (AvgIpc) is 2.33. The lowest BCUT2D eigenvalue weighted by molar-refractivity contribution is -0.147. The van der Waals surface area contributed by atoms with Crippen molar-refractivity contribution in [3.05, 3.63) is 0 Å². The van der Waals surface area contributed by atoms with E-state index in [0.717, 1.165) is 0 Å². The van der Waals surface area contributed by atoms with Gasteiger partial charge in [-0.3, -0.25) is 14.4 Å². The van der Waals surface area contributed by atoms with Crippen LogP contribution in [0.1, 0.15) is 27.2 Å². The van der Waals surface area contributed by atoms with Gasteiger partial charge in [0.1, 0.15) is 12.1 Å². The van der Waals surface area contributed by atoms with Crippen molar-refractivity contribution in [1.29, 1.82) is 0 Å². The summed E-state index contributed by atoms with van der Waals surface area (Å²) in [7, 11) is 0. The second-order valence-electron chi connectivity index (χ2n) is 5.02. The van der Waals surface area contributed by atoms with Gasteiger partial charge >= 0.3 is 11.9 Å². The van der Waals surface area contributed by atoms with Crippen molar-refractivity contribution < 1.29 is 29.4 Å². The summed E-state index contributed by atoms with van der Waals surface area (Å²) in [6, 6.07) is -3.39. The van der Waals surface area contributed by atoms with E-state index < -0.39 is 48.3 Å². The number of nitrogens with two attached hydrogens (primary N) is 1. The van der Waals surface area contributed by atoms with Crippen LogP contribution in [-0.2, 0) is 19.2 Å². The molecule has 0 saturated carbocycles. The maximum Gasteiger partial charge on any atom is 0.326 e. The number of nitrogens with one attached hydrogen (secondary N) is 2. The molecule has 0 aliphatic carbocycles. The zero-order valence-electron chi connectivity index (χ0n) is 12.1. The summed E-state index contributed by atoms with van der Waals surface area (Å²) < 4.78 is 0. The van der Waals surface area contributed by atoms with Crippen LogP contribution in [0.5, 0.6) is 0 Å². The molecule has 0 aliphatic rings. The van der Waals surface area contributed by atoms with Gasteiger partial charge in [-0.05, 0) is 12.8 Å². The molecule has 9 nitrogen and oxygen atoms in total. The quantitative estimate of drug-likeness (QED) is 0.365. The second-order valence-corrected chi connectivity index (χ2v) is 5.02. The van der Waals surface area contributed by atoms with Crippen molar-refractivity contribution in [1.82, 2.24) is 10.6 Å². The first kappa shape index (κ1) is 18.8. The monoisotopic (exact) mass is 303 g/mol. The standard InChI is InChI=1S/C12H21N3O6/c1-5(2)9(15-10(18)6(3)13)11(19)14-7(12(20)21)4-8(16)17/h5-7,9H,4,13H2,1-3H3,(H,14,19)(H,15,18)(H,16,17)(H,20,21)/t6-,7-,9-/m0/s1. The number of hydrogen-bond acceptors (Lipinski definition) is 5. The SMILES string of the molecule is CC(C)[C@H](NC(=O)[C@H](C)N)C(=O)N[C@@H](CC(=O)O)C(=O)O. The molecule has 120 valence electrons. The molecule has 0 aromatic rings. The zero-order chi connectivity index (χ0) is 16.7. The molecule has 0 radical (unpaired) electrons. The molecular weight excluding hydrogens is 282 g/mol. The van der Waals surface area contributed by atoms with E-state index in [-0.39, 0.29) is 5.92 Å². The first-order valence-electron chi connectivity index (χ1n) is 6.37. The Morgan fingerprint density at radius 2 is 1.52 bits per heavy atom. The highest BCUT2D eigenvalue weighted by Gasteiger charge is 2.30. The molecule has 0 bridgehead atoms. The average molecular weight is 303 g/mol. The maximum absolute atomic E-state index is 12.0. The molecule has 0 heterocycles. The van der Waals surface area contributed by atoms with Crippen LogP contribution in [0.25, 0.3) is 0 Å². The van der Waals surface area contributed by atoms with Gasteiger partial charge in [0.05, 0.1) is 12.5 Å². The lowest BCUT2D eigenvalue weighted by Crippen LogP contribution is -2.56. The van der Waals surface area contributed by atoms with Crippen LogP contribution in [0.15, 0.2) is 0 Å². The summed E-state index contributed by atoms with van der Waals surface area (Å²) >= 11 is 0. The molecule has 0 fully saturated rings. The lowest BCUT2D eigenvalue weighted by Gasteiger charge is -2.24. The number of carboxylic acids is 2. The Hall–Kier alpha value is -2.16. The summed E-state index contributed by atoms with van der Waals surface area (Å²) in [5, 5.41) is 22.0. The molecule has 21 heavy (non-hydrogen) atoms. The third-order valence-electron chi connectivity index (χ3n) is 2.65. The predicted octanol–water partition coefficient (Wildman–Crippen LogP) is -1.48. The van der Waals surface area contributed by atoms with E-state index >= 15 is 0 Å². The van der Waals surface area contributed by atoms with E-state index in [1.165, 1.54) is 6.92 Å². The van der Waals surface area contributed by atoms with Crippen LogP contribution in [0.2, 0.25) is 0 Å². The van der Waals surface area contributed by atoms with Crippen LogP contribution < -0.4 is 16.4 Å². The van der Waals surface area contributed by atoms with E-state index in [1.807, 2.05) is 0 Å². The maximum atomic E-state index is 12.0. The fraction of sp³-hybridized carbons (Fsp3) is 0.667. The fourth-order valence-corrected chi connectivity index (χ4v) is 1.46. The zero-order valence-corrected chi connectivity index (χ0v) is 12.1. The number of rotatable bonds is 8. The summed E-state index contributed by atoms with van der Waals surface area (Å²) in [6.07, 6.45) is -0.757. The normalized spacial score (nSPS) is 14.9. The number of carbonyl (C=O) groups is 4. The van der Waals surface area contributed by atoms with E-state index in [2.05, 4.69) is 10.6 Å². The summed E-state index contributed by atoms with van der Waals surface area (Å²) in [6.45, 7) is 4.74. The third-order valence-corrected chi connectivity index (χ3v) is 2.65. The highest BCUT2D eigenvalue weighted by atomic mass is 16.4. The van der Waals surface area contributed by atoms with E-state index in [1.54, 1.807) is 13.8 Å². The molecule has 0 rings (SSSR count). The fourth-order valence-electron chi connectivity index (χ4n) is 1.46. The van der Waals surface area contributed by atoms with Crippen molar-refractivity contribution in [3.63, 3.8) is 0 Å². The highest BCUT2D eigenvalue weighted by molar-refractivity contribution is 5.92. The number of hydrogen-bond donors (Lipinski definition) is 5. The molecule has 0 aliphatic heterocycles. The Bertz CT molecular complexity index is 421. The van der Waals surface area contributed by atoms with Crippen LogP contribution in [0, 0.1) is 5.92 Å². The molecule has 0 saturated heterocycles. The molecule has 0 spiro atoms. The van der Waals surface area contributed by atoms with Gasteiger partial charge in [0.2, 0.25) is 11.8 Å². The van der Waals surface area contributed by atoms with Gasteiger partial charge in [0.25, 0.3) is 0 Å². The van der Waals surface area contributed by atoms with Crippen LogP contribution in [-0.4, -0.2) is 52.1 Å². The molecule has 2 amide bonds. The topological polar surface area (TPSA) is 159 Å². The van der Waals surface area contributed by atoms with Gasteiger partial charge < -0.3 is 26.6 Å². The van der Waals surface area contributed by atoms with Crippen molar-refractivity contribution in [2.75, 3.05) is 0 Å². The molecule has 6 N–H and O–H groups in total. The molecule has 0 aromatic carbocycles. The van der Waals surface area contributed by atoms with Gasteiger partial charge in [-0.1, -0.05) is 13.8 Å². The molecule has 0 aromatic heterocycles. The molecular formula is C12H21N3O6. The summed E-state index contributed by atoms with van der Waals surface area (Å²) in [5.41, 5.74) is 5.38. The van der Waals surface area contributed by atoms with Gasteiger partial charge in [-0.25, -0.2) is 4.79 Å².